The molecule has 0 saturated carbocycles. The summed E-state index contributed by atoms with van der Waals surface area (Å²) in [6.07, 6.45) is 7.50. The average molecular weight is 409 g/mol. The van der Waals surface area contributed by atoms with Gasteiger partial charge in [0.05, 0.1) is 4.91 Å². The van der Waals surface area contributed by atoms with E-state index in [4.69, 9.17) is 12.2 Å². The maximum Gasteiger partial charge on any atom is 0.266 e. The Morgan fingerprint density at radius 2 is 2.27 bits per heavy atom. The summed E-state index contributed by atoms with van der Waals surface area (Å²) in [4.78, 5) is 30.5. The first kappa shape index (κ1) is 19.6. The number of thiophene rings is 1. The first-order valence-corrected chi connectivity index (χ1v) is 11.3. The number of hydrogen-bond acceptors (Lipinski definition) is 5. The van der Waals surface area contributed by atoms with Crippen molar-refractivity contribution in [2.45, 2.75) is 51.5 Å². The number of nitrogens with zero attached hydrogens (tertiary/aromatic N) is 2. The summed E-state index contributed by atoms with van der Waals surface area (Å²) in [5.41, 5.74) is 0. The van der Waals surface area contributed by atoms with Crippen molar-refractivity contribution >= 4 is 57.5 Å². The Morgan fingerprint density at radius 1 is 1.42 bits per heavy atom. The van der Waals surface area contributed by atoms with Crippen molar-refractivity contribution in [1.29, 1.82) is 0 Å². The molecule has 0 aromatic carbocycles. The molecule has 2 aliphatic rings. The first-order valence-electron chi connectivity index (χ1n) is 9.18. The number of carbonyl (C=O) groups excluding carboxylic acids is 2. The Labute approximate surface area is 168 Å². The van der Waals surface area contributed by atoms with Crippen LogP contribution in [0.25, 0.3) is 6.08 Å². The topological polar surface area (TPSA) is 40.6 Å². The normalized spacial score (nSPS) is 22.5. The minimum absolute atomic E-state index is 0.0368. The fourth-order valence-electron chi connectivity index (χ4n) is 3.48. The number of rotatable bonds is 6. The van der Waals surface area contributed by atoms with Gasteiger partial charge in [-0.05, 0) is 49.6 Å². The lowest BCUT2D eigenvalue weighted by atomic mass is 9.99. The van der Waals surface area contributed by atoms with Gasteiger partial charge >= 0.3 is 0 Å². The van der Waals surface area contributed by atoms with Gasteiger partial charge in [0.1, 0.15) is 4.32 Å². The van der Waals surface area contributed by atoms with Crippen LogP contribution in [-0.2, 0) is 9.59 Å². The van der Waals surface area contributed by atoms with Crippen molar-refractivity contribution < 1.29 is 9.59 Å². The van der Waals surface area contributed by atoms with Crippen LogP contribution in [0.15, 0.2) is 22.4 Å². The quantitative estimate of drug-likeness (QED) is 0.513. The third-order valence-corrected chi connectivity index (χ3v) is 7.08. The van der Waals surface area contributed by atoms with E-state index in [-0.39, 0.29) is 11.8 Å². The van der Waals surface area contributed by atoms with Crippen LogP contribution in [0.2, 0.25) is 0 Å². The predicted octanol–water partition coefficient (Wildman–Crippen LogP) is 4.52. The second kappa shape index (κ2) is 9.15. The molecule has 1 aromatic heterocycles. The van der Waals surface area contributed by atoms with Gasteiger partial charge in [0.2, 0.25) is 5.91 Å². The van der Waals surface area contributed by atoms with Gasteiger partial charge in [0.25, 0.3) is 5.91 Å². The molecule has 3 heterocycles. The molecule has 2 fully saturated rings. The zero-order valence-corrected chi connectivity index (χ0v) is 17.4. The van der Waals surface area contributed by atoms with E-state index >= 15 is 0 Å². The monoisotopic (exact) mass is 408 g/mol. The van der Waals surface area contributed by atoms with Gasteiger partial charge in [0.15, 0.2) is 0 Å². The maximum absolute atomic E-state index is 12.6. The van der Waals surface area contributed by atoms with Crippen molar-refractivity contribution in [1.82, 2.24) is 9.80 Å². The van der Waals surface area contributed by atoms with Gasteiger partial charge in [-0.3, -0.25) is 14.5 Å². The highest BCUT2D eigenvalue weighted by Gasteiger charge is 2.32. The summed E-state index contributed by atoms with van der Waals surface area (Å²) in [5, 5.41) is 1.99. The van der Waals surface area contributed by atoms with Gasteiger partial charge in [-0.25, -0.2) is 0 Å². The van der Waals surface area contributed by atoms with E-state index < -0.39 is 0 Å². The van der Waals surface area contributed by atoms with Crippen LogP contribution in [0, 0.1) is 0 Å². The van der Waals surface area contributed by atoms with Gasteiger partial charge in [0, 0.05) is 30.4 Å². The SMILES string of the molecule is CC[C@@H]1CCCCN1C(=O)CCCN1C(=O)/C(=C\c2cccs2)SC1=S. The number of hydrogen-bond donors (Lipinski definition) is 0. The van der Waals surface area contributed by atoms with Gasteiger partial charge in [-0.15, -0.1) is 11.3 Å². The summed E-state index contributed by atoms with van der Waals surface area (Å²) in [5.74, 6) is 0.182. The molecule has 7 heteroatoms. The number of thiocarbonyl (C=S) groups is 1. The minimum atomic E-state index is -0.0368. The fraction of sp³-hybridized carbons (Fsp3) is 0.526. The Bertz CT molecular complexity index is 700. The molecule has 0 spiro atoms. The van der Waals surface area contributed by atoms with Gasteiger partial charge in [-0.2, -0.15) is 0 Å². The second-order valence-electron chi connectivity index (χ2n) is 6.60. The lowest BCUT2D eigenvalue weighted by Gasteiger charge is -2.35. The van der Waals surface area contributed by atoms with E-state index in [1.165, 1.54) is 18.2 Å². The highest BCUT2D eigenvalue weighted by Crippen LogP contribution is 2.33. The molecule has 1 atom stereocenters. The molecule has 26 heavy (non-hydrogen) atoms. The number of thioether (sulfide) groups is 1. The number of piperidine rings is 1. The van der Waals surface area contributed by atoms with Gasteiger partial charge in [-0.1, -0.05) is 37.0 Å². The predicted molar refractivity (Wildman–Crippen MR) is 113 cm³/mol. The molecule has 0 aliphatic carbocycles. The molecule has 140 valence electrons. The molecule has 0 unspecified atom stereocenters. The van der Waals surface area contributed by atoms with E-state index in [0.29, 0.717) is 34.7 Å². The minimum Gasteiger partial charge on any atom is -0.340 e. The molecule has 3 rings (SSSR count). The zero-order valence-electron chi connectivity index (χ0n) is 15.0. The Morgan fingerprint density at radius 3 is 3.00 bits per heavy atom. The molecule has 0 bridgehead atoms. The summed E-state index contributed by atoms with van der Waals surface area (Å²) in [6, 6.07) is 4.34. The van der Waals surface area contributed by atoms with Crippen LogP contribution in [0.4, 0.5) is 0 Å². The molecule has 2 amide bonds. The number of likely N-dealkylation sites (tertiary alicyclic amines) is 1. The maximum atomic E-state index is 12.6. The fourth-order valence-corrected chi connectivity index (χ4v) is 5.51. The third kappa shape index (κ3) is 4.56. The number of amides is 2. The average Bonchev–Trinajstić information content (AvgIpc) is 3.25. The van der Waals surface area contributed by atoms with Crippen LogP contribution in [0.5, 0.6) is 0 Å². The Balaban J connectivity index is 1.52. The third-order valence-electron chi connectivity index (χ3n) is 4.88. The Hall–Kier alpha value is -1.18. The van der Waals surface area contributed by atoms with Crippen molar-refractivity contribution in [3.63, 3.8) is 0 Å². The van der Waals surface area contributed by atoms with E-state index in [0.717, 1.165) is 30.7 Å². The van der Waals surface area contributed by atoms with Gasteiger partial charge < -0.3 is 4.90 Å². The van der Waals surface area contributed by atoms with Crippen LogP contribution in [0.3, 0.4) is 0 Å². The van der Waals surface area contributed by atoms with Crippen molar-refractivity contribution in [3.8, 4) is 0 Å². The molecule has 1 aromatic rings. The largest absolute Gasteiger partial charge is 0.340 e. The molecule has 4 nitrogen and oxygen atoms in total. The van der Waals surface area contributed by atoms with E-state index in [1.54, 1.807) is 16.2 Å². The summed E-state index contributed by atoms with van der Waals surface area (Å²) in [6.45, 7) is 3.54. The standard InChI is InChI=1S/C19H24N2O2S3/c1-2-14-7-3-4-10-20(14)17(22)9-5-11-21-18(23)16(26-19(21)24)13-15-8-6-12-25-15/h6,8,12-14H,2-5,7,9-11H2,1H3/b16-13+/t14-/m1/s1. The molecule has 2 saturated heterocycles. The van der Waals surface area contributed by atoms with Crippen molar-refractivity contribution in [2.24, 2.45) is 0 Å². The first-order chi connectivity index (χ1) is 12.6. The highest BCUT2D eigenvalue weighted by molar-refractivity contribution is 8.26. The molecule has 0 radical (unpaired) electrons. The molecular weight excluding hydrogens is 384 g/mol. The van der Waals surface area contributed by atoms with Crippen LogP contribution in [-0.4, -0.2) is 45.1 Å². The zero-order chi connectivity index (χ0) is 18.5. The lowest BCUT2D eigenvalue weighted by molar-refractivity contribution is -0.135. The Kier molecular flexibility index (Phi) is 6.89. The van der Waals surface area contributed by atoms with E-state index in [2.05, 4.69) is 6.92 Å². The summed E-state index contributed by atoms with van der Waals surface area (Å²) < 4.78 is 0.592. The molecule has 0 N–H and O–H groups in total. The molecule has 2 aliphatic heterocycles. The van der Waals surface area contributed by atoms with Crippen molar-refractivity contribution in [3.05, 3.63) is 27.3 Å². The second-order valence-corrected chi connectivity index (χ2v) is 9.25. The summed E-state index contributed by atoms with van der Waals surface area (Å²) >= 11 is 8.32. The van der Waals surface area contributed by atoms with E-state index in [9.17, 15) is 9.59 Å². The lowest BCUT2D eigenvalue weighted by Crippen LogP contribution is -2.43. The summed E-state index contributed by atoms with van der Waals surface area (Å²) in [7, 11) is 0. The smallest absolute Gasteiger partial charge is 0.266 e. The van der Waals surface area contributed by atoms with Crippen LogP contribution in [0.1, 0.15) is 50.3 Å². The molecular formula is C19H24N2O2S3. The van der Waals surface area contributed by atoms with Crippen molar-refractivity contribution in [2.75, 3.05) is 13.1 Å². The van der Waals surface area contributed by atoms with E-state index in [1.807, 2.05) is 28.5 Å². The highest BCUT2D eigenvalue weighted by atomic mass is 32.2. The van der Waals surface area contributed by atoms with Crippen LogP contribution >= 0.6 is 35.3 Å². The van der Waals surface area contributed by atoms with Crippen LogP contribution < -0.4 is 0 Å². The number of carbonyl (C=O) groups is 2.